The van der Waals surface area contributed by atoms with Crippen molar-refractivity contribution in [2.75, 3.05) is 0 Å². The van der Waals surface area contributed by atoms with Gasteiger partial charge in [-0.2, -0.15) is 0 Å². The van der Waals surface area contributed by atoms with E-state index in [0.29, 0.717) is 11.3 Å². The smallest absolute Gasteiger partial charge is 0.250 e. The second-order valence-corrected chi connectivity index (χ2v) is 3.41. The van der Waals surface area contributed by atoms with Crippen LogP contribution in [0.25, 0.3) is 5.70 Å². The molecule has 0 aromatic carbocycles. The normalized spacial score (nSPS) is 9.64. The summed E-state index contributed by atoms with van der Waals surface area (Å²) in [5.41, 5.74) is 3.07. The summed E-state index contributed by atoms with van der Waals surface area (Å²) in [4.78, 5) is 18.0. The first-order valence-corrected chi connectivity index (χ1v) is 4.41. The van der Waals surface area contributed by atoms with E-state index in [2.05, 4.69) is 16.6 Å². The van der Waals surface area contributed by atoms with Crippen molar-refractivity contribution in [3.05, 3.63) is 40.3 Å². The third kappa shape index (κ3) is 2.42. The molecule has 1 aromatic rings. The van der Waals surface area contributed by atoms with Crippen molar-refractivity contribution in [3.8, 4) is 0 Å². The van der Waals surface area contributed by atoms with Gasteiger partial charge in [-0.3, -0.25) is 9.79 Å². The summed E-state index contributed by atoms with van der Waals surface area (Å²) in [6.07, 6.45) is 1.63. The van der Waals surface area contributed by atoms with Crippen LogP contribution in [0.2, 0.25) is 0 Å². The van der Waals surface area contributed by atoms with Gasteiger partial charge in [0, 0.05) is 23.0 Å². The van der Waals surface area contributed by atoms with E-state index < -0.39 is 0 Å². The lowest BCUT2D eigenvalue weighted by atomic mass is 10.2. The van der Waals surface area contributed by atoms with Crippen LogP contribution in [0.15, 0.2) is 28.6 Å². The van der Waals surface area contributed by atoms with Gasteiger partial charge in [0.25, 0.3) is 5.56 Å². The quantitative estimate of drug-likeness (QED) is 0.713. The highest BCUT2D eigenvalue weighted by molar-refractivity contribution is 5.85. The maximum absolute atomic E-state index is 11.1. The summed E-state index contributed by atoms with van der Waals surface area (Å²) >= 11 is 0. The number of rotatable bonds is 2. The molecular formula is C11H14N2O. The average molecular weight is 190 g/mol. The standard InChI is InChI=1S/C11H14N2O/c1-7(2)13-9(4)10-5-8(3)11(14)12-6-10/h5-6H,4H2,1-3H3,(H,12,14). The number of H-pyrrole nitrogens is 1. The van der Waals surface area contributed by atoms with E-state index in [1.165, 1.54) is 0 Å². The minimum Gasteiger partial charge on any atom is -0.328 e. The molecule has 0 saturated heterocycles. The highest BCUT2D eigenvalue weighted by atomic mass is 16.1. The van der Waals surface area contributed by atoms with E-state index in [9.17, 15) is 4.79 Å². The van der Waals surface area contributed by atoms with Gasteiger partial charge in [-0.25, -0.2) is 0 Å². The van der Waals surface area contributed by atoms with Crippen molar-refractivity contribution in [1.29, 1.82) is 0 Å². The van der Waals surface area contributed by atoms with Crippen molar-refractivity contribution in [2.24, 2.45) is 4.99 Å². The van der Waals surface area contributed by atoms with E-state index in [1.807, 2.05) is 13.8 Å². The summed E-state index contributed by atoms with van der Waals surface area (Å²) in [6.45, 7) is 9.40. The van der Waals surface area contributed by atoms with Gasteiger partial charge in [0.1, 0.15) is 0 Å². The number of pyridine rings is 1. The molecule has 0 bridgehead atoms. The molecule has 1 heterocycles. The monoisotopic (exact) mass is 190 g/mol. The molecule has 3 nitrogen and oxygen atoms in total. The Hall–Kier alpha value is -1.64. The Morgan fingerprint density at radius 2 is 2.14 bits per heavy atom. The van der Waals surface area contributed by atoms with Crippen LogP contribution in [-0.2, 0) is 0 Å². The van der Waals surface area contributed by atoms with Crippen LogP contribution in [0.1, 0.15) is 25.0 Å². The molecule has 0 aliphatic rings. The average Bonchev–Trinajstić information content (AvgIpc) is 2.08. The first-order chi connectivity index (χ1) is 6.50. The molecule has 3 heteroatoms. The van der Waals surface area contributed by atoms with Crippen molar-refractivity contribution < 1.29 is 0 Å². The molecule has 14 heavy (non-hydrogen) atoms. The number of aromatic amines is 1. The van der Waals surface area contributed by atoms with Gasteiger partial charge in [-0.15, -0.1) is 0 Å². The van der Waals surface area contributed by atoms with E-state index in [1.54, 1.807) is 19.2 Å². The summed E-state index contributed by atoms with van der Waals surface area (Å²) in [5, 5.41) is 0. The minimum atomic E-state index is -0.0706. The lowest BCUT2D eigenvalue weighted by molar-refractivity contribution is 1.17. The van der Waals surface area contributed by atoms with Gasteiger partial charge in [0.05, 0.1) is 5.70 Å². The molecule has 1 N–H and O–H groups in total. The SMILES string of the molecule is C=C(N=C(C)C)c1c[nH]c(=O)c(C)c1. The lowest BCUT2D eigenvalue weighted by Gasteiger charge is -2.01. The highest BCUT2D eigenvalue weighted by Gasteiger charge is 1.99. The largest absolute Gasteiger partial charge is 0.328 e. The number of nitrogens with one attached hydrogen (secondary N) is 1. The first kappa shape index (κ1) is 10.4. The predicted octanol–water partition coefficient (Wildman–Crippen LogP) is 2.13. The number of nitrogens with zero attached hydrogens (tertiary/aromatic N) is 1. The highest BCUT2D eigenvalue weighted by Crippen LogP contribution is 2.12. The zero-order valence-electron chi connectivity index (χ0n) is 8.72. The van der Waals surface area contributed by atoms with Gasteiger partial charge in [0.15, 0.2) is 0 Å². The maximum atomic E-state index is 11.1. The number of hydrogen-bond donors (Lipinski definition) is 1. The molecule has 1 rings (SSSR count). The third-order valence-electron chi connectivity index (χ3n) is 1.78. The van der Waals surface area contributed by atoms with Gasteiger partial charge in [-0.1, -0.05) is 6.58 Å². The summed E-state index contributed by atoms with van der Waals surface area (Å²) < 4.78 is 0. The van der Waals surface area contributed by atoms with Crippen LogP contribution in [0.4, 0.5) is 0 Å². The van der Waals surface area contributed by atoms with Gasteiger partial charge in [-0.05, 0) is 26.8 Å². The van der Waals surface area contributed by atoms with Crippen molar-refractivity contribution in [1.82, 2.24) is 4.98 Å². The molecule has 0 fully saturated rings. The summed E-state index contributed by atoms with van der Waals surface area (Å²) in [7, 11) is 0. The van der Waals surface area contributed by atoms with E-state index >= 15 is 0 Å². The van der Waals surface area contributed by atoms with Crippen LogP contribution in [0.3, 0.4) is 0 Å². The fourth-order valence-corrected chi connectivity index (χ4v) is 1.10. The predicted molar refractivity (Wildman–Crippen MR) is 59.6 cm³/mol. The molecule has 0 aliphatic heterocycles. The Labute approximate surface area is 83.2 Å². The number of aliphatic imine (C=N–C) groups is 1. The number of aryl methyl sites for hydroxylation is 1. The van der Waals surface area contributed by atoms with Crippen molar-refractivity contribution in [3.63, 3.8) is 0 Å². The maximum Gasteiger partial charge on any atom is 0.250 e. The molecule has 0 unspecified atom stereocenters. The van der Waals surface area contributed by atoms with Crippen LogP contribution in [-0.4, -0.2) is 10.7 Å². The molecule has 0 amide bonds. The van der Waals surface area contributed by atoms with Crippen molar-refractivity contribution in [2.45, 2.75) is 20.8 Å². The number of hydrogen-bond acceptors (Lipinski definition) is 2. The second kappa shape index (κ2) is 4.05. The van der Waals surface area contributed by atoms with E-state index in [4.69, 9.17) is 0 Å². The van der Waals surface area contributed by atoms with Crippen LogP contribution in [0.5, 0.6) is 0 Å². The van der Waals surface area contributed by atoms with Gasteiger partial charge in [0.2, 0.25) is 0 Å². The molecule has 0 aliphatic carbocycles. The number of aromatic nitrogens is 1. The molecule has 0 atom stereocenters. The fraction of sp³-hybridized carbons (Fsp3) is 0.273. The van der Waals surface area contributed by atoms with Gasteiger partial charge >= 0.3 is 0 Å². The molecule has 0 spiro atoms. The Kier molecular flexibility index (Phi) is 3.02. The van der Waals surface area contributed by atoms with Gasteiger partial charge < -0.3 is 4.98 Å². The Bertz CT molecular complexity index is 437. The zero-order valence-corrected chi connectivity index (χ0v) is 8.72. The fourth-order valence-electron chi connectivity index (χ4n) is 1.10. The van der Waals surface area contributed by atoms with Crippen LogP contribution in [0, 0.1) is 6.92 Å². The van der Waals surface area contributed by atoms with E-state index in [-0.39, 0.29) is 5.56 Å². The molecule has 0 saturated carbocycles. The molecule has 74 valence electrons. The topological polar surface area (TPSA) is 45.2 Å². The second-order valence-electron chi connectivity index (χ2n) is 3.41. The summed E-state index contributed by atoms with van der Waals surface area (Å²) in [5.74, 6) is 0. The van der Waals surface area contributed by atoms with Crippen LogP contribution < -0.4 is 5.56 Å². The Balaban J connectivity index is 3.10. The molecule has 1 aromatic heterocycles. The van der Waals surface area contributed by atoms with Crippen LogP contribution >= 0.6 is 0 Å². The summed E-state index contributed by atoms with van der Waals surface area (Å²) in [6, 6.07) is 1.79. The minimum absolute atomic E-state index is 0.0706. The third-order valence-corrected chi connectivity index (χ3v) is 1.78. The first-order valence-electron chi connectivity index (χ1n) is 4.41. The van der Waals surface area contributed by atoms with Crippen molar-refractivity contribution >= 4 is 11.4 Å². The molecular weight excluding hydrogens is 176 g/mol. The Morgan fingerprint density at radius 1 is 1.50 bits per heavy atom. The zero-order chi connectivity index (χ0) is 10.7. The lowest BCUT2D eigenvalue weighted by Crippen LogP contribution is -2.08. The Morgan fingerprint density at radius 3 is 2.64 bits per heavy atom. The molecule has 0 radical (unpaired) electrons. The van der Waals surface area contributed by atoms with E-state index in [0.717, 1.165) is 11.3 Å².